The molecule has 0 aliphatic rings. The van der Waals surface area contributed by atoms with E-state index in [0.29, 0.717) is 0 Å². The highest BCUT2D eigenvalue weighted by molar-refractivity contribution is 7.89. The quantitative estimate of drug-likeness (QED) is 0.791. The molecule has 7 nitrogen and oxygen atoms in total. The van der Waals surface area contributed by atoms with Crippen LogP contribution < -0.4 is 4.72 Å². The fourth-order valence-electron chi connectivity index (χ4n) is 1.11. The molecule has 0 saturated heterocycles. The number of H-pyrrole nitrogens is 1. The zero-order valence-electron chi connectivity index (χ0n) is 8.46. The summed E-state index contributed by atoms with van der Waals surface area (Å²) in [5.74, 6) is -0.280. The van der Waals surface area contributed by atoms with E-state index in [1.54, 1.807) is 0 Å². The first-order valence-corrected chi connectivity index (χ1v) is 6.04. The van der Waals surface area contributed by atoms with Gasteiger partial charge in [0, 0.05) is 0 Å². The number of tetrazole rings is 1. The van der Waals surface area contributed by atoms with Crippen molar-refractivity contribution in [3.63, 3.8) is 0 Å². The lowest BCUT2D eigenvalue weighted by Gasteiger charge is -2.04. The number of sulfonamides is 1. The lowest BCUT2D eigenvalue weighted by Crippen LogP contribution is -2.23. The van der Waals surface area contributed by atoms with E-state index in [2.05, 4.69) is 25.3 Å². The first kappa shape index (κ1) is 11.6. The average molecular weight is 257 g/mol. The second-order valence-electron chi connectivity index (χ2n) is 3.11. The Morgan fingerprint density at radius 1 is 1.29 bits per heavy atom. The second-order valence-corrected chi connectivity index (χ2v) is 4.87. The lowest BCUT2D eigenvalue weighted by molar-refractivity contribution is 0.578. The molecule has 0 amide bonds. The maximum atomic E-state index is 12.6. The first-order valence-electron chi connectivity index (χ1n) is 4.55. The van der Waals surface area contributed by atoms with Crippen molar-refractivity contribution in [1.29, 1.82) is 0 Å². The summed E-state index contributed by atoms with van der Waals surface area (Å²) in [6.07, 6.45) is 0. The third-order valence-corrected chi connectivity index (χ3v) is 3.35. The maximum Gasteiger partial charge on any atom is 0.240 e. The average Bonchev–Trinajstić information content (AvgIpc) is 2.80. The van der Waals surface area contributed by atoms with Crippen molar-refractivity contribution in [3.8, 4) is 0 Å². The van der Waals surface area contributed by atoms with Crippen LogP contribution in [-0.2, 0) is 16.6 Å². The van der Waals surface area contributed by atoms with Crippen molar-refractivity contribution in [3.05, 3.63) is 35.9 Å². The number of aromatic amines is 1. The van der Waals surface area contributed by atoms with E-state index in [-0.39, 0.29) is 17.3 Å². The van der Waals surface area contributed by atoms with Gasteiger partial charge in [-0.3, -0.25) is 0 Å². The van der Waals surface area contributed by atoms with E-state index in [1.807, 2.05) is 0 Å². The lowest BCUT2D eigenvalue weighted by atomic mass is 10.4. The van der Waals surface area contributed by atoms with Gasteiger partial charge >= 0.3 is 0 Å². The third kappa shape index (κ3) is 2.82. The van der Waals surface area contributed by atoms with Gasteiger partial charge in [-0.25, -0.2) is 17.5 Å². The van der Waals surface area contributed by atoms with E-state index in [4.69, 9.17) is 0 Å². The number of hydrogen-bond acceptors (Lipinski definition) is 5. The van der Waals surface area contributed by atoms with Crippen molar-refractivity contribution in [1.82, 2.24) is 25.3 Å². The standard InChI is InChI=1S/C8H8FN5O2S/c9-6-1-3-7(4-2-6)17(15,16)10-5-8-11-13-14-12-8/h1-4,10H,5H2,(H,11,12,13,14). The van der Waals surface area contributed by atoms with Gasteiger partial charge in [-0.15, -0.1) is 10.2 Å². The largest absolute Gasteiger partial charge is 0.240 e. The molecule has 0 unspecified atom stereocenters. The summed E-state index contributed by atoms with van der Waals surface area (Å²) >= 11 is 0. The molecular formula is C8H8FN5O2S. The van der Waals surface area contributed by atoms with Gasteiger partial charge in [0.2, 0.25) is 10.0 Å². The van der Waals surface area contributed by atoms with Gasteiger partial charge in [0.15, 0.2) is 5.82 Å². The fraction of sp³-hybridized carbons (Fsp3) is 0.125. The van der Waals surface area contributed by atoms with Crippen molar-refractivity contribution < 1.29 is 12.8 Å². The molecule has 2 aromatic rings. The van der Waals surface area contributed by atoms with Crippen LogP contribution in [0.15, 0.2) is 29.2 Å². The third-order valence-electron chi connectivity index (χ3n) is 1.93. The molecule has 0 bridgehead atoms. The SMILES string of the molecule is O=S(=O)(NCc1nn[nH]n1)c1ccc(F)cc1. The van der Waals surface area contributed by atoms with Crippen molar-refractivity contribution >= 4 is 10.0 Å². The predicted octanol–water partition coefficient (Wildman–Crippen LogP) is -0.183. The number of rotatable bonds is 4. The monoisotopic (exact) mass is 257 g/mol. The Morgan fingerprint density at radius 2 is 2.00 bits per heavy atom. The summed E-state index contributed by atoms with van der Waals surface area (Å²) in [5, 5.41) is 12.7. The van der Waals surface area contributed by atoms with Crippen LogP contribution in [-0.4, -0.2) is 29.0 Å². The molecule has 0 radical (unpaired) electrons. The molecule has 0 saturated carbocycles. The van der Waals surface area contributed by atoms with Gasteiger partial charge in [0.1, 0.15) is 5.82 Å². The maximum absolute atomic E-state index is 12.6. The van der Waals surface area contributed by atoms with E-state index < -0.39 is 15.8 Å². The zero-order valence-corrected chi connectivity index (χ0v) is 9.28. The molecule has 90 valence electrons. The molecule has 0 atom stereocenters. The minimum atomic E-state index is -3.69. The Bertz CT molecular complexity index is 581. The highest BCUT2D eigenvalue weighted by Gasteiger charge is 2.14. The number of aromatic nitrogens is 4. The van der Waals surface area contributed by atoms with Crippen LogP contribution >= 0.6 is 0 Å². The molecular weight excluding hydrogens is 249 g/mol. The van der Waals surface area contributed by atoms with Crippen LogP contribution in [0.25, 0.3) is 0 Å². The highest BCUT2D eigenvalue weighted by atomic mass is 32.2. The summed E-state index contributed by atoms with van der Waals surface area (Å²) in [6, 6.07) is 4.49. The van der Waals surface area contributed by atoms with Crippen LogP contribution in [0.1, 0.15) is 5.82 Å². The molecule has 1 heterocycles. The number of hydrogen-bond donors (Lipinski definition) is 2. The topological polar surface area (TPSA) is 101 Å². The molecule has 9 heteroatoms. The van der Waals surface area contributed by atoms with Crippen molar-refractivity contribution in [2.45, 2.75) is 11.4 Å². The fourth-order valence-corrected chi connectivity index (χ4v) is 2.09. The normalized spacial score (nSPS) is 11.6. The van der Waals surface area contributed by atoms with Gasteiger partial charge in [-0.1, -0.05) is 5.21 Å². The first-order chi connectivity index (χ1) is 8.08. The minimum absolute atomic E-state index is 0.0256. The number of halogens is 1. The van der Waals surface area contributed by atoms with Crippen LogP contribution in [0.4, 0.5) is 4.39 Å². The molecule has 1 aromatic carbocycles. The molecule has 1 aromatic heterocycles. The molecule has 0 aliphatic carbocycles. The summed E-state index contributed by atoms with van der Waals surface area (Å²) in [7, 11) is -3.69. The van der Waals surface area contributed by atoms with Gasteiger partial charge in [0.25, 0.3) is 0 Å². The molecule has 0 aliphatic heterocycles. The summed E-state index contributed by atoms with van der Waals surface area (Å²) in [5.41, 5.74) is 0. The van der Waals surface area contributed by atoms with E-state index >= 15 is 0 Å². The van der Waals surface area contributed by atoms with Gasteiger partial charge in [-0.2, -0.15) is 5.21 Å². The van der Waals surface area contributed by atoms with E-state index in [1.165, 1.54) is 12.1 Å². The van der Waals surface area contributed by atoms with Crippen LogP contribution in [0, 0.1) is 5.82 Å². The van der Waals surface area contributed by atoms with Crippen LogP contribution in [0.2, 0.25) is 0 Å². The molecule has 2 N–H and O–H groups in total. The molecule has 0 fully saturated rings. The summed E-state index contributed by atoms with van der Waals surface area (Å²) in [4.78, 5) is -0.0256. The van der Waals surface area contributed by atoms with E-state index in [9.17, 15) is 12.8 Å². The number of benzene rings is 1. The summed E-state index contributed by atoms with van der Waals surface area (Å²) in [6.45, 7) is -0.0871. The Labute approximate surface area is 96.1 Å². The Kier molecular flexibility index (Phi) is 3.11. The minimum Gasteiger partial charge on any atom is -0.207 e. The Morgan fingerprint density at radius 3 is 2.59 bits per heavy atom. The van der Waals surface area contributed by atoms with Gasteiger partial charge < -0.3 is 0 Å². The number of nitrogens with zero attached hydrogens (tertiary/aromatic N) is 3. The number of nitrogens with one attached hydrogen (secondary N) is 2. The van der Waals surface area contributed by atoms with Crippen molar-refractivity contribution in [2.75, 3.05) is 0 Å². The molecule has 0 spiro atoms. The molecule has 17 heavy (non-hydrogen) atoms. The van der Waals surface area contributed by atoms with Crippen LogP contribution in [0.5, 0.6) is 0 Å². The second kappa shape index (κ2) is 4.55. The van der Waals surface area contributed by atoms with Crippen molar-refractivity contribution in [2.24, 2.45) is 0 Å². The van der Waals surface area contributed by atoms with Crippen LogP contribution in [0.3, 0.4) is 0 Å². The Hall–Kier alpha value is -1.87. The Balaban J connectivity index is 2.11. The zero-order chi connectivity index (χ0) is 12.3. The van der Waals surface area contributed by atoms with Gasteiger partial charge in [0.05, 0.1) is 11.4 Å². The highest BCUT2D eigenvalue weighted by Crippen LogP contribution is 2.09. The smallest absolute Gasteiger partial charge is 0.207 e. The van der Waals surface area contributed by atoms with Gasteiger partial charge in [-0.05, 0) is 24.3 Å². The summed E-state index contributed by atoms with van der Waals surface area (Å²) < 4.78 is 38.3. The molecule has 2 rings (SSSR count). The predicted molar refractivity (Wildman–Crippen MR) is 54.6 cm³/mol. The van der Waals surface area contributed by atoms with E-state index in [0.717, 1.165) is 12.1 Å².